The molecule has 17 heavy (non-hydrogen) atoms. The highest BCUT2D eigenvalue weighted by Gasteiger charge is 2.21. The van der Waals surface area contributed by atoms with Gasteiger partial charge in [-0.3, -0.25) is 0 Å². The Kier molecular flexibility index (Phi) is 3.83. The standard InChI is InChI=1S/C12H17NO4/c1-12(2,13-11(15)16)7-8-4-5-9(14)10(6-8)17-3/h4-6,13-14H,7H2,1-3H3,(H,15,16). The molecule has 0 bridgehead atoms. The van der Waals surface area contributed by atoms with E-state index in [1.165, 1.54) is 13.2 Å². The number of nitrogens with one attached hydrogen (secondary N) is 1. The second-order valence-corrected chi connectivity index (χ2v) is 4.50. The van der Waals surface area contributed by atoms with E-state index in [0.717, 1.165) is 5.56 Å². The minimum absolute atomic E-state index is 0.0697. The van der Waals surface area contributed by atoms with Crippen LogP contribution in [0.25, 0.3) is 0 Å². The number of ether oxygens (including phenoxy) is 1. The predicted molar refractivity (Wildman–Crippen MR) is 63.6 cm³/mol. The number of phenolic OH excluding ortho intramolecular Hbond substituents is 1. The number of phenols is 1. The van der Waals surface area contributed by atoms with Crippen molar-refractivity contribution < 1.29 is 19.7 Å². The number of hydrogen-bond donors (Lipinski definition) is 3. The summed E-state index contributed by atoms with van der Waals surface area (Å²) in [6, 6.07) is 4.97. The largest absolute Gasteiger partial charge is 0.504 e. The summed E-state index contributed by atoms with van der Waals surface area (Å²) in [4.78, 5) is 10.6. The molecule has 0 aliphatic rings. The number of rotatable bonds is 4. The van der Waals surface area contributed by atoms with Gasteiger partial charge < -0.3 is 20.3 Å². The van der Waals surface area contributed by atoms with Crippen molar-refractivity contribution in [3.63, 3.8) is 0 Å². The van der Waals surface area contributed by atoms with Crippen molar-refractivity contribution in [2.24, 2.45) is 0 Å². The quantitative estimate of drug-likeness (QED) is 0.750. The summed E-state index contributed by atoms with van der Waals surface area (Å²) in [7, 11) is 1.47. The molecule has 0 atom stereocenters. The molecule has 0 heterocycles. The van der Waals surface area contributed by atoms with Crippen molar-refractivity contribution in [3.05, 3.63) is 23.8 Å². The third kappa shape index (κ3) is 3.86. The molecule has 1 rings (SSSR count). The van der Waals surface area contributed by atoms with Crippen molar-refractivity contribution in [1.82, 2.24) is 5.32 Å². The maximum Gasteiger partial charge on any atom is 0.405 e. The fourth-order valence-corrected chi connectivity index (χ4v) is 1.68. The van der Waals surface area contributed by atoms with Crippen LogP contribution in [0.4, 0.5) is 4.79 Å². The Balaban J connectivity index is 2.84. The van der Waals surface area contributed by atoms with Gasteiger partial charge in [0.2, 0.25) is 0 Å². The van der Waals surface area contributed by atoms with Crippen LogP contribution in [-0.2, 0) is 6.42 Å². The average Bonchev–Trinajstić information content (AvgIpc) is 2.18. The lowest BCUT2D eigenvalue weighted by Crippen LogP contribution is -2.44. The average molecular weight is 239 g/mol. The number of carbonyl (C=O) groups is 1. The molecule has 1 amide bonds. The highest BCUT2D eigenvalue weighted by Crippen LogP contribution is 2.27. The monoisotopic (exact) mass is 239 g/mol. The van der Waals surface area contributed by atoms with E-state index in [1.54, 1.807) is 26.0 Å². The topological polar surface area (TPSA) is 78.8 Å². The van der Waals surface area contributed by atoms with Crippen molar-refractivity contribution in [1.29, 1.82) is 0 Å². The zero-order valence-corrected chi connectivity index (χ0v) is 10.2. The number of methoxy groups -OCH3 is 1. The summed E-state index contributed by atoms with van der Waals surface area (Å²) in [5.74, 6) is 0.453. The van der Waals surface area contributed by atoms with Gasteiger partial charge in [-0.1, -0.05) is 6.07 Å². The highest BCUT2D eigenvalue weighted by atomic mass is 16.5. The normalized spacial score (nSPS) is 11.0. The molecule has 0 unspecified atom stereocenters. The summed E-state index contributed by atoms with van der Waals surface area (Å²) < 4.78 is 4.99. The molecular formula is C12H17NO4. The van der Waals surface area contributed by atoms with Gasteiger partial charge in [0.1, 0.15) is 0 Å². The second-order valence-electron chi connectivity index (χ2n) is 4.50. The van der Waals surface area contributed by atoms with Crippen molar-refractivity contribution in [3.8, 4) is 11.5 Å². The van der Waals surface area contributed by atoms with Crippen LogP contribution in [-0.4, -0.2) is 29.0 Å². The van der Waals surface area contributed by atoms with Crippen LogP contribution in [0, 0.1) is 0 Å². The zero-order chi connectivity index (χ0) is 13.1. The molecular weight excluding hydrogens is 222 g/mol. The lowest BCUT2D eigenvalue weighted by atomic mass is 9.95. The first-order valence-electron chi connectivity index (χ1n) is 5.21. The first kappa shape index (κ1) is 13.2. The van der Waals surface area contributed by atoms with E-state index >= 15 is 0 Å². The molecule has 0 spiro atoms. The maximum absolute atomic E-state index is 10.6. The van der Waals surface area contributed by atoms with E-state index in [4.69, 9.17) is 9.84 Å². The number of carboxylic acid groups (broad SMARTS) is 1. The SMILES string of the molecule is COc1cc(CC(C)(C)NC(=O)O)ccc1O. The fourth-order valence-electron chi connectivity index (χ4n) is 1.68. The molecule has 94 valence electrons. The Morgan fingerprint density at radius 3 is 2.65 bits per heavy atom. The molecule has 0 saturated heterocycles. The third-order valence-electron chi connectivity index (χ3n) is 2.34. The van der Waals surface area contributed by atoms with E-state index in [2.05, 4.69) is 5.32 Å². The lowest BCUT2D eigenvalue weighted by Gasteiger charge is -2.24. The number of aromatic hydroxyl groups is 1. The molecule has 0 aliphatic heterocycles. The van der Waals surface area contributed by atoms with Crippen LogP contribution in [0.3, 0.4) is 0 Å². The van der Waals surface area contributed by atoms with Crippen molar-refractivity contribution in [2.75, 3.05) is 7.11 Å². The van der Waals surface area contributed by atoms with Crippen LogP contribution in [0.5, 0.6) is 11.5 Å². The second kappa shape index (κ2) is 4.95. The molecule has 0 aromatic heterocycles. The van der Waals surface area contributed by atoms with Gasteiger partial charge >= 0.3 is 6.09 Å². The van der Waals surface area contributed by atoms with E-state index in [0.29, 0.717) is 12.2 Å². The minimum atomic E-state index is -1.05. The molecule has 5 nitrogen and oxygen atoms in total. The van der Waals surface area contributed by atoms with Crippen molar-refractivity contribution >= 4 is 6.09 Å². The molecule has 0 aliphatic carbocycles. The van der Waals surface area contributed by atoms with Gasteiger partial charge in [0.25, 0.3) is 0 Å². The Bertz CT molecular complexity index is 415. The molecule has 5 heteroatoms. The van der Waals surface area contributed by atoms with Crippen LogP contribution in [0.2, 0.25) is 0 Å². The summed E-state index contributed by atoms with van der Waals surface area (Å²) in [6.07, 6.45) is -0.545. The number of amides is 1. The Labute approximate surface area is 100 Å². The Morgan fingerprint density at radius 2 is 2.12 bits per heavy atom. The highest BCUT2D eigenvalue weighted by molar-refractivity contribution is 5.65. The van der Waals surface area contributed by atoms with Crippen LogP contribution >= 0.6 is 0 Å². The fraction of sp³-hybridized carbons (Fsp3) is 0.417. The summed E-state index contributed by atoms with van der Waals surface area (Å²) in [5.41, 5.74) is 0.312. The van der Waals surface area contributed by atoms with Gasteiger partial charge in [-0.25, -0.2) is 4.79 Å². The summed E-state index contributed by atoms with van der Waals surface area (Å²) in [6.45, 7) is 3.58. The van der Waals surface area contributed by atoms with E-state index in [9.17, 15) is 9.90 Å². The van der Waals surface area contributed by atoms with Crippen LogP contribution in [0.15, 0.2) is 18.2 Å². The Morgan fingerprint density at radius 1 is 1.47 bits per heavy atom. The number of benzene rings is 1. The molecule has 0 saturated carbocycles. The van der Waals surface area contributed by atoms with Gasteiger partial charge in [-0.05, 0) is 38.0 Å². The van der Waals surface area contributed by atoms with Crippen LogP contribution in [0.1, 0.15) is 19.4 Å². The van der Waals surface area contributed by atoms with Gasteiger partial charge in [0, 0.05) is 5.54 Å². The predicted octanol–water partition coefficient (Wildman–Crippen LogP) is 1.99. The van der Waals surface area contributed by atoms with Gasteiger partial charge in [-0.2, -0.15) is 0 Å². The van der Waals surface area contributed by atoms with E-state index in [1.807, 2.05) is 0 Å². The summed E-state index contributed by atoms with van der Waals surface area (Å²) >= 11 is 0. The molecule has 0 radical (unpaired) electrons. The molecule has 1 aromatic carbocycles. The number of hydrogen-bond acceptors (Lipinski definition) is 3. The van der Waals surface area contributed by atoms with Gasteiger partial charge in [0.15, 0.2) is 11.5 Å². The Hall–Kier alpha value is -1.91. The molecule has 0 fully saturated rings. The summed E-state index contributed by atoms with van der Waals surface area (Å²) in [5, 5.41) is 20.6. The maximum atomic E-state index is 10.6. The first-order valence-corrected chi connectivity index (χ1v) is 5.21. The first-order chi connectivity index (χ1) is 7.84. The van der Waals surface area contributed by atoms with E-state index < -0.39 is 11.6 Å². The third-order valence-corrected chi connectivity index (χ3v) is 2.34. The van der Waals surface area contributed by atoms with Crippen molar-refractivity contribution in [2.45, 2.75) is 25.8 Å². The smallest absolute Gasteiger partial charge is 0.405 e. The minimum Gasteiger partial charge on any atom is -0.504 e. The van der Waals surface area contributed by atoms with E-state index in [-0.39, 0.29) is 5.75 Å². The molecule has 3 N–H and O–H groups in total. The lowest BCUT2D eigenvalue weighted by molar-refractivity contribution is 0.182. The van der Waals surface area contributed by atoms with Crippen LogP contribution < -0.4 is 10.1 Å². The zero-order valence-electron chi connectivity index (χ0n) is 10.2. The van der Waals surface area contributed by atoms with Gasteiger partial charge in [-0.15, -0.1) is 0 Å². The molecule has 1 aromatic rings. The van der Waals surface area contributed by atoms with Gasteiger partial charge in [0.05, 0.1) is 7.11 Å².